The Morgan fingerprint density at radius 3 is 2.32 bits per heavy atom. The molecule has 10 N–H and O–H groups in total. The van der Waals surface area contributed by atoms with Crippen LogP contribution < -0.4 is 33.0 Å². The third-order valence-corrected chi connectivity index (χ3v) is 3.69. The van der Waals surface area contributed by atoms with Gasteiger partial charge in [0.25, 0.3) is 0 Å². The summed E-state index contributed by atoms with van der Waals surface area (Å²) in [6, 6.07) is 3.22. The minimum Gasteiger partial charge on any atom is -0.477 e. The van der Waals surface area contributed by atoms with Gasteiger partial charge in [-0.25, -0.2) is 0 Å². The summed E-state index contributed by atoms with van der Waals surface area (Å²) in [7, 11) is 0. The minimum atomic E-state index is -0.126. The van der Waals surface area contributed by atoms with Crippen molar-refractivity contribution in [3.63, 3.8) is 0 Å². The predicted molar refractivity (Wildman–Crippen MR) is 111 cm³/mol. The SMILES string of the molecule is N=C(N)c1ccc(OCCCN=C(N)NCCCCCCCN=C(N)N)nn1. The lowest BCUT2D eigenvalue weighted by Gasteiger charge is -2.06. The van der Waals surface area contributed by atoms with Crippen molar-refractivity contribution in [3.05, 3.63) is 17.8 Å². The molecular formula is C17H32N10O. The molecule has 0 spiro atoms. The molecule has 0 atom stereocenters. The van der Waals surface area contributed by atoms with Crippen LogP contribution >= 0.6 is 0 Å². The molecule has 11 nitrogen and oxygen atoms in total. The summed E-state index contributed by atoms with van der Waals surface area (Å²) in [4.78, 5) is 8.20. The van der Waals surface area contributed by atoms with Gasteiger partial charge in [-0.05, 0) is 18.9 Å². The van der Waals surface area contributed by atoms with Crippen LogP contribution in [0.4, 0.5) is 0 Å². The van der Waals surface area contributed by atoms with Crippen LogP contribution in [0.1, 0.15) is 44.2 Å². The highest BCUT2D eigenvalue weighted by atomic mass is 16.5. The number of aliphatic imine (C=N–C) groups is 2. The average molecular weight is 393 g/mol. The van der Waals surface area contributed by atoms with E-state index >= 15 is 0 Å². The van der Waals surface area contributed by atoms with Crippen LogP contribution in [0, 0.1) is 5.41 Å². The van der Waals surface area contributed by atoms with Crippen LogP contribution in [0.2, 0.25) is 0 Å². The number of hydrogen-bond acceptors (Lipinski definition) is 6. The molecule has 1 aromatic heterocycles. The van der Waals surface area contributed by atoms with E-state index in [1.165, 1.54) is 0 Å². The molecule has 0 aliphatic rings. The van der Waals surface area contributed by atoms with E-state index in [2.05, 4.69) is 25.5 Å². The van der Waals surface area contributed by atoms with Gasteiger partial charge in [-0.1, -0.05) is 19.3 Å². The summed E-state index contributed by atoms with van der Waals surface area (Å²) < 4.78 is 5.45. The van der Waals surface area contributed by atoms with Crippen molar-refractivity contribution in [2.75, 3.05) is 26.2 Å². The van der Waals surface area contributed by atoms with E-state index in [0.717, 1.165) is 38.6 Å². The second-order valence-electron chi connectivity index (χ2n) is 6.14. The molecule has 0 saturated carbocycles. The van der Waals surface area contributed by atoms with Crippen molar-refractivity contribution in [1.82, 2.24) is 15.5 Å². The number of guanidine groups is 2. The molecule has 0 aromatic carbocycles. The van der Waals surface area contributed by atoms with Gasteiger partial charge in [0.1, 0.15) is 11.5 Å². The topological polar surface area (TPSA) is 200 Å². The Kier molecular flexibility index (Phi) is 11.5. The van der Waals surface area contributed by atoms with Crippen LogP contribution in [-0.2, 0) is 0 Å². The quantitative estimate of drug-likeness (QED) is 0.140. The summed E-state index contributed by atoms with van der Waals surface area (Å²) in [5.74, 6) is 0.860. The largest absolute Gasteiger partial charge is 0.477 e. The second-order valence-corrected chi connectivity index (χ2v) is 6.14. The van der Waals surface area contributed by atoms with Crippen molar-refractivity contribution in [2.45, 2.75) is 38.5 Å². The van der Waals surface area contributed by atoms with Gasteiger partial charge in [0, 0.05) is 32.1 Å². The summed E-state index contributed by atoms with van der Waals surface area (Å²) in [5, 5.41) is 18.0. The van der Waals surface area contributed by atoms with Gasteiger partial charge in [-0.15, -0.1) is 10.2 Å². The maximum absolute atomic E-state index is 7.25. The van der Waals surface area contributed by atoms with Crippen molar-refractivity contribution < 1.29 is 4.74 Å². The number of hydrogen-bond donors (Lipinski definition) is 6. The predicted octanol–water partition coefficient (Wildman–Crippen LogP) is -0.342. The van der Waals surface area contributed by atoms with E-state index in [1.54, 1.807) is 12.1 Å². The van der Waals surface area contributed by atoms with Gasteiger partial charge in [0.15, 0.2) is 11.9 Å². The Labute approximate surface area is 165 Å². The van der Waals surface area contributed by atoms with Gasteiger partial charge >= 0.3 is 0 Å². The third kappa shape index (κ3) is 11.5. The van der Waals surface area contributed by atoms with Crippen molar-refractivity contribution >= 4 is 17.8 Å². The van der Waals surface area contributed by atoms with Crippen LogP contribution in [0.15, 0.2) is 22.1 Å². The molecule has 11 heteroatoms. The first-order valence-electron chi connectivity index (χ1n) is 9.39. The van der Waals surface area contributed by atoms with E-state index in [0.29, 0.717) is 43.7 Å². The highest BCUT2D eigenvalue weighted by Gasteiger charge is 2.01. The monoisotopic (exact) mass is 392 g/mol. The number of rotatable bonds is 14. The summed E-state index contributed by atoms with van der Waals surface area (Å²) in [6.07, 6.45) is 6.13. The Balaban J connectivity index is 2.00. The molecule has 28 heavy (non-hydrogen) atoms. The molecule has 1 aromatic rings. The number of unbranched alkanes of at least 4 members (excludes halogenated alkanes) is 4. The zero-order valence-corrected chi connectivity index (χ0v) is 16.2. The van der Waals surface area contributed by atoms with E-state index in [9.17, 15) is 0 Å². The number of nitrogen functional groups attached to an aromatic ring is 1. The number of aromatic nitrogens is 2. The van der Waals surface area contributed by atoms with E-state index in [4.69, 9.17) is 33.1 Å². The number of nitrogens with two attached hydrogens (primary N) is 4. The normalized spacial score (nSPS) is 11.1. The van der Waals surface area contributed by atoms with Gasteiger partial charge in [-0.2, -0.15) is 0 Å². The smallest absolute Gasteiger partial charge is 0.233 e. The van der Waals surface area contributed by atoms with Crippen LogP contribution in [0.3, 0.4) is 0 Å². The van der Waals surface area contributed by atoms with Crippen molar-refractivity contribution in [1.29, 1.82) is 5.41 Å². The third-order valence-electron chi connectivity index (χ3n) is 3.69. The molecule has 0 bridgehead atoms. The second kappa shape index (κ2) is 14.0. The fraction of sp³-hybridized carbons (Fsp3) is 0.588. The Morgan fingerprint density at radius 2 is 1.64 bits per heavy atom. The maximum atomic E-state index is 7.25. The van der Waals surface area contributed by atoms with Gasteiger partial charge in [0.05, 0.1) is 6.61 Å². The zero-order chi connectivity index (χ0) is 20.6. The standard InChI is InChI=1S/C17H32N10O/c18-15(19)13-7-8-14(27-26-13)28-12-6-11-25-17(22)24-10-5-3-1-2-4-9-23-16(20)21/h7-8H,1-6,9-12H2,(H3,18,19)(H4,20,21,23)(H3,22,24,25). The van der Waals surface area contributed by atoms with Gasteiger partial charge in [0.2, 0.25) is 5.88 Å². The highest BCUT2D eigenvalue weighted by molar-refractivity contribution is 5.92. The van der Waals surface area contributed by atoms with Crippen LogP contribution in [0.5, 0.6) is 5.88 Å². The van der Waals surface area contributed by atoms with E-state index in [1.807, 2.05) is 0 Å². The molecule has 0 unspecified atom stereocenters. The number of nitrogens with zero attached hydrogens (tertiary/aromatic N) is 4. The number of ether oxygens (including phenoxy) is 1. The maximum Gasteiger partial charge on any atom is 0.233 e. The lowest BCUT2D eigenvalue weighted by Crippen LogP contribution is -2.32. The fourth-order valence-electron chi connectivity index (χ4n) is 2.23. The van der Waals surface area contributed by atoms with Gasteiger partial charge < -0.3 is 33.0 Å². The lowest BCUT2D eigenvalue weighted by molar-refractivity contribution is 0.298. The molecule has 1 heterocycles. The molecule has 0 saturated heterocycles. The van der Waals surface area contributed by atoms with Crippen molar-refractivity contribution in [2.24, 2.45) is 32.9 Å². The summed E-state index contributed by atoms with van der Waals surface area (Å²) in [5.41, 5.74) is 22.0. The summed E-state index contributed by atoms with van der Waals surface area (Å²) >= 11 is 0. The molecule has 0 aliphatic heterocycles. The van der Waals surface area contributed by atoms with Gasteiger partial charge in [-0.3, -0.25) is 15.4 Å². The minimum absolute atomic E-state index is 0.126. The molecule has 156 valence electrons. The first-order valence-corrected chi connectivity index (χ1v) is 9.39. The van der Waals surface area contributed by atoms with Crippen molar-refractivity contribution in [3.8, 4) is 5.88 Å². The van der Waals surface area contributed by atoms with E-state index < -0.39 is 0 Å². The first kappa shape index (κ1) is 22.9. The average Bonchev–Trinajstić information content (AvgIpc) is 2.66. The highest BCUT2D eigenvalue weighted by Crippen LogP contribution is 2.05. The Hall–Kier alpha value is -3.11. The molecule has 0 aliphatic carbocycles. The van der Waals surface area contributed by atoms with Crippen LogP contribution in [0.25, 0.3) is 0 Å². The number of amidine groups is 1. The zero-order valence-electron chi connectivity index (χ0n) is 16.2. The molecular weight excluding hydrogens is 360 g/mol. The summed E-state index contributed by atoms with van der Waals surface area (Å²) in [6.45, 7) is 2.51. The first-order chi connectivity index (χ1) is 13.5. The molecule has 0 radical (unpaired) electrons. The molecule has 0 amide bonds. The Bertz CT molecular complexity index is 625. The van der Waals surface area contributed by atoms with Crippen LogP contribution in [-0.4, -0.2) is 54.2 Å². The molecule has 0 fully saturated rings. The Morgan fingerprint density at radius 1 is 0.929 bits per heavy atom. The lowest BCUT2D eigenvalue weighted by atomic mass is 10.1. The van der Waals surface area contributed by atoms with E-state index in [-0.39, 0.29) is 11.8 Å². The fourth-order valence-corrected chi connectivity index (χ4v) is 2.23. The number of nitrogens with one attached hydrogen (secondary N) is 2. The molecule has 1 rings (SSSR count).